The number of nitrogens with one attached hydrogen (secondary N) is 3. The number of piperidine rings is 2. The number of carbonyl (C=O) groups is 8. The number of hydrogen-bond acceptors (Lipinski definition) is 9. The van der Waals surface area contributed by atoms with Crippen LogP contribution >= 0.6 is 0 Å². The Morgan fingerprint density at radius 3 is 2.27 bits per heavy atom. The van der Waals surface area contributed by atoms with Gasteiger partial charge >= 0.3 is 5.69 Å². The van der Waals surface area contributed by atoms with Crippen molar-refractivity contribution in [1.82, 2.24) is 39.8 Å². The van der Waals surface area contributed by atoms with Gasteiger partial charge in [-0.3, -0.25) is 52.8 Å². The molecule has 18 nitrogen and oxygen atoms in total. The molecule has 7 rings (SSSR count). The standard InChI is InChI=1S/C46H65N9O9/c1-28(56)52-25-21-32-12-15-35(54(32)40(59)22-26-52)43(61)48-33(13-17-38(47)57)42(60)50-41(31-9-4-3-5-10-31)45(63)53-23-19-29(20-24-53)7-6-8-30-11-14-34-37(27-30)51(2)46(64)55(34)36-16-18-39(58)49-44(36)62/h11,14,27,29,31-33,35-36,41H,3-10,12-13,15-26H2,1-2H3,(H2,47,57)(H,48,61)(H,50,60)(H,49,58,62)/t32-,33+,35+,36?,41+/m1/s1. The van der Waals surface area contributed by atoms with Crippen LogP contribution in [0.4, 0.5) is 0 Å². The van der Waals surface area contributed by atoms with E-state index in [1.54, 1.807) is 21.4 Å². The molecule has 5 N–H and O–H groups in total. The minimum atomic E-state index is -1.14. The maximum atomic E-state index is 14.4. The monoisotopic (exact) mass is 887 g/mol. The summed E-state index contributed by atoms with van der Waals surface area (Å²) in [5.41, 5.74) is 7.67. The van der Waals surface area contributed by atoms with Crippen LogP contribution in [0.15, 0.2) is 23.0 Å². The average Bonchev–Trinajstić information content (AvgIpc) is 3.80. The van der Waals surface area contributed by atoms with Crippen LogP contribution in [-0.4, -0.2) is 121 Å². The van der Waals surface area contributed by atoms with Crippen LogP contribution in [0.5, 0.6) is 0 Å². The topological polar surface area (TPSA) is 235 Å². The molecule has 5 heterocycles. The first-order valence-corrected chi connectivity index (χ1v) is 23.5. The highest BCUT2D eigenvalue weighted by atomic mass is 16.2. The number of amides is 8. The summed E-state index contributed by atoms with van der Waals surface area (Å²) in [5, 5.41) is 8.23. The Hall–Kier alpha value is -5.55. The fraction of sp³-hybridized carbons (Fsp3) is 0.674. The second-order valence-electron chi connectivity index (χ2n) is 18.7. The van der Waals surface area contributed by atoms with Crippen molar-refractivity contribution >= 4 is 58.3 Å². The highest BCUT2D eigenvalue weighted by Gasteiger charge is 2.43. The van der Waals surface area contributed by atoms with Gasteiger partial charge in [-0.15, -0.1) is 0 Å². The largest absolute Gasteiger partial charge is 0.370 e. The molecule has 2 aromatic rings. The number of primary amides is 1. The number of imide groups is 1. The van der Waals surface area contributed by atoms with Crippen LogP contribution in [-0.2, 0) is 51.8 Å². The Labute approximate surface area is 373 Å². The van der Waals surface area contributed by atoms with Gasteiger partial charge in [0.2, 0.25) is 47.3 Å². The normalized spacial score (nSPS) is 23.5. The number of likely N-dealkylation sites (tertiary alicyclic amines) is 1. The summed E-state index contributed by atoms with van der Waals surface area (Å²) in [6.45, 7) is 3.37. The van der Waals surface area contributed by atoms with E-state index in [4.69, 9.17) is 5.73 Å². The molecular weight excluding hydrogens is 823 g/mol. The van der Waals surface area contributed by atoms with E-state index in [0.717, 1.165) is 75.3 Å². The van der Waals surface area contributed by atoms with E-state index in [2.05, 4.69) is 16.0 Å². The Morgan fingerprint density at radius 2 is 1.56 bits per heavy atom. The molecule has 64 heavy (non-hydrogen) atoms. The first-order valence-electron chi connectivity index (χ1n) is 23.5. The molecular formula is C46H65N9O9. The molecule has 4 saturated heterocycles. The predicted octanol–water partition coefficient (Wildman–Crippen LogP) is 1.70. The number of nitrogens with zero attached hydrogens (tertiary/aromatic N) is 5. The highest BCUT2D eigenvalue weighted by molar-refractivity contribution is 6.00. The Morgan fingerprint density at radius 1 is 0.828 bits per heavy atom. The number of aromatic nitrogens is 2. The molecule has 1 aliphatic carbocycles. The number of carbonyl (C=O) groups excluding carboxylic acids is 8. The van der Waals surface area contributed by atoms with Crippen molar-refractivity contribution in [2.45, 2.75) is 153 Å². The van der Waals surface area contributed by atoms with Gasteiger partial charge in [0.25, 0.3) is 0 Å². The van der Waals surface area contributed by atoms with Crippen molar-refractivity contribution in [1.29, 1.82) is 0 Å². The zero-order valence-electron chi connectivity index (χ0n) is 37.3. The van der Waals surface area contributed by atoms with Crippen molar-refractivity contribution in [2.24, 2.45) is 24.6 Å². The van der Waals surface area contributed by atoms with E-state index >= 15 is 0 Å². The predicted molar refractivity (Wildman–Crippen MR) is 235 cm³/mol. The SMILES string of the molecule is CC(=O)N1CCC(=O)N2[C@H](CC[C@H]2C(=O)N[C@@H](CCC(N)=O)C(=O)N[C@H](C(=O)N2CCC(CCCc3ccc4c(c3)n(C)c(=O)n4C3CCC(=O)NC3=O)CC2)C2CCCCC2)CC1. The molecule has 1 unspecified atom stereocenters. The van der Waals surface area contributed by atoms with Gasteiger partial charge in [0.15, 0.2) is 0 Å². The van der Waals surface area contributed by atoms with E-state index in [1.807, 2.05) is 23.1 Å². The number of aryl methyl sites for hydroxylation is 2. The quantitative estimate of drug-likeness (QED) is 0.202. The minimum Gasteiger partial charge on any atom is -0.370 e. The fourth-order valence-electron chi connectivity index (χ4n) is 10.8. The molecule has 8 amide bonds. The second kappa shape index (κ2) is 20.5. The number of nitrogens with two attached hydrogens (primary N) is 1. The van der Waals surface area contributed by atoms with Crippen LogP contribution in [0.1, 0.15) is 128 Å². The average molecular weight is 888 g/mol. The molecule has 1 saturated carbocycles. The van der Waals surface area contributed by atoms with E-state index in [1.165, 1.54) is 11.5 Å². The van der Waals surface area contributed by atoms with E-state index in [-0.39, 0.29) is 79.9 Å². The minimum absolute atomic E-state index is 0.0529. The summed E-state index contributed by atoms with van der Waals surface area (Å²) in [6.07, 6.45) is 10.7. The third kappa shape index (κ3) is 10.5. The summed E-state index contributed by atoms with van der Waals surface area (Å²) >= 11 is 0. The van der Waals surface area contributed by atoms with Crippen LogP contribution in [0.3, 0.4) is 0 Å². The second-order valence-corrected chi connectivity index (χ2v) is 18.7. The van der Waals surface area contributed by atoms with Gasteiger partial charge in [0.1, 0.15) is 24.2 Å². The Bertz CT molecular complexity index is 2190. The molecule has 348 valence electrons. The molecule has 5 fully saturated rings. The summed E-state index contributed by atoms with van der Waals surface area (Å²) in [4.78, 5) is 122. The molecule has 5 aliphatic rings. The van der Waals surface area contributed by atoms with Crippen molar-refractivity contribution < 1.29 is 38.4 Å². The van der Waals surface area contributed by atoms with E-state index in [0.29, 0.717) is 50.3 Å². The molecule has 0 radical (unpaired) electrons. The fourth-order valence-corrected chi connectivity index (χ4v) is 10.8. The molecule has 18 heteroatoms. The molecule has 4 aliphatic heterocycles. The highest BCUT2D eigenvalue weighted by Crippen LogP contribution is 2.32. The zero-order chi connectivity index (χ0) is 45.7. The molecule has 0 bridgehead atoms. The van der Waals surface area contributed by atoms with Gasteiger partial charge in [0.05, 0.1) is 11.0 Å². The molecule has 1 aromatic carbocycles. The number of rotatable bonds is 14. The van der Waals surface area contributed by atoms with Gasteiger partial charge < -0.3 is 31.1 Å². The van der Waals surface area contributed by atoms with Gasteiger partial charge in [0, 0.05) is 65.5 Å². The van der Waals surface area contributed by atoms with Crippen LogP contribution in [0.2, 0.25) is 0 Å². The lowest BCUT2D eigenvalue weighted by Gasteiger charge is -2.38. The molecule has 1 aromatic heterocycles. The summed E-state index contributed by atoms with van der Waals surface area (Å²) in [6, 6.07) is 2.20. The van der Waals surface area contributed by atoms with Gasteiger partial charge in [-0.25, -0.2) is 4.79 Å². The summed E-state index contributed by atoms with van der Waals surface area (Å²) in [5.74, 6) is -2.56. The maximum Gasteiger partial charge on any atom is 0.329 e. The third-order valence-corrected chi connectivity index (χ3v) is 14.5. The van der Waals surface area contributed by atoms with Gasteiger partial charge in [-0.1, -0.05) is 25.3 Å². The number of fused-ring (bicyclic) bond motifs is 2. The molecule has 5 atom stereocenters. The van der Waals surface area contributed by atoms with Crippen molar-refractivity contribution in [2.75, 3.05) is 26.2 Å². The lowest BCUT2D eigenvalue weighted by molar-refractivity contribution is -0.144. The number of benzene rings is 1. The van der Waals surface area contributed by atoms with Crippen LogP contribution in [0, 0.1) is 11.8 Å². The smallest absolute Gasteiger partial charge is 0.329 e. The zero-order valence-corrected chi connectivity index (χ0v) is 37.3. The molecule has 0 spiro atoms. The Balaban J connectivity index is 0.948. The van der Waals surface area contributed by atoms with Gasteiger partial charge in [-0.05, 0) is 107 Å². The summed E-state index contributed by atoms with van der Waals surface area (Å²) in [7, 11) is 1.69. The lowest BCUT2D eigenvalue weighted by Crippen LogP contribution is -2.59. The van der Waals surface area contributed by atoms with Crippen LogP contribution < -0.4 is 27.4 Å². The number of imidazole rings is 1. The summed E-state index contributed by atoms with van der Waals surface area (Å²) < 4.78 is 3.03. The first-order chi connectivity index (χ1) is 30.7. The van der Waals surface area contributed by atoms with Crippen molar-refractivity contribution in [3.8, 4) is 0 Å². The third-order valence-electron chi connectivity index (χ3n) is 14.5. The van der Waals surface area contributed by atoms with Gasteiger partial charge in [-0.2, -0.15) is 0 Å². The van der Waals surface area contributed by atoms with E-state index < -0.39 is 47.8 Å². The number of hydrogen-bond donors (Lipinski definition) is 4. The van der Waals surface area contributed by atoms with Crippen molar-refractivity contribution in [3.63, 3.8) is 0 Å². The lowest BCUT2D eigenvalue weighted by atomic mass is 9.82. The first kappa shape index (κ1) is 46.4. The van der Waals surface area contributed by atoms with Crippen LogP contribution in [0.25, 0.3) is 11.0 Å². The van der Waals surface area contributed by atoms with Crippen molar-refractivity contribution in [3.05, 3.63) is 34.2 Å². The Kier molecular flexibility index (Phi) is 14.9. The maximum absolute atomic E-state index is 14.4. The van der Waals surface area contributed by atoms with E-state index in [9.17, 15) is 43.2 Å².